The highest BCUT2D eigenvalue weighted by atomic mass is 16.6. The van der Waals surface area contributed by atoms with Gasteiger partial charge in [0, 0.05) is 19.3 Å². The zero-order chi connectivity index (χ0) is 17.5. The van der Waals surface area contributed by atoms with Gasteiger partial charge < -0.3 is 19.1 Å². The number of carbonyl (C=O) groups excluding carboxylic acids is 2. The Labute approximate surface area is 141 Å². The molecule has 2 rings (SSSR count). The first-order chi connectivity index (χ1) is 11.5. The molecule has 7 heteroatoms. The second-order valence-corrected chi connectivity index (χ2v) is 5.92. The van der Waals surface area contributed by atoms with Crippen LogP contribution in [0.15, 0.2) is 18.5 Å². The quantitative estimate of drug-likeness (QED) is 0.735. The number of amides is 1. The molecule has 0 aliphatic carbocycles. The largest absolute Gasteiger partial charge is 0.489 e. The average Bonchev–Trinajstić information content (AvgIpc) is 2.59. The average molecular weight is 336 g/mol. The molecule has 1 aliphatic heterocycles. The molecule has 132 valence electrons. The molecule has 1 aromatic rings. The summed E-state index contributed by atoms with van der Waals surface area (Å²) in [6, 6.07) is 1.68. The number of aromatic nitrogens is 1. The summed E-state index contributed by atoms with van der Waals surface area (Å²) in [7, 11) is 1.33. The van der Waals surface area contributed by atoms with Gasteiger partial charge in [0.05, 0.1) is 31.1 Å². The third-order valence-electron chi connectivity index (χ3n) is 3.77. The maximum atomic E-state index is 12.7. The number of carbonyl (C=O) groups is 2. The number of nitrogens with zero attached hydrogens (tertiary/aromatic N) is 2. The number of pyridine rings is 1. The Hall–Kier alpha value is -2.15. The van der Waals surface area contributed by atoms with Crippen molar-refractivity contribution in [2.75, 3.05) is 26.8 Å². The molecule has 1 aliphatic rings. The van der Waals surface area contributed by atoms with E-state index in [1.54, 1.807) is 23.4 Å². The van der Waals surface area contributed by atoms with Crippen molar-refractivity contribution in [3.05, 3.63) is 24.0 Å². The van der Waals surface area contributed by atoms with Gasteiger partial charge in [0.25, 0.3) is 5.91 Å². The number of rotatable bonds is 6. The van der Waals surface area contributed by atoms with E-state index in [1.807, 2.05) is 13.8 Å². The van der Waals surface area contributed by atoms with Crippen LogP contribution in [0.1, 0.15) is 37.0 Å². The molecule has 0 unspecified atom stereocenters. The summed E-state index contributed by atoms with van der Waals surface area (Å²) in [5, 5.41) is 0. The molecule has 0 atom stereocenters. The molecule has 0 saturated carbocycles. The molecule has 7 nitrogen and oxygen atoms in total. The summed E-state index contributed by atoms with van der Waals surface area (Å²) in [6.07, 6.45) is 4.48. The van der Waals surface area contributed by atoms with Crippen LogP contribution in [0.4, 0.5) is 0 Å². The number of hydrogen-bond acceptors (Lipinski definition) is 6. The molecular formula is C17H24N2O5. The summed E-state index contributed by atoms with van der Waals surface area (Å²) in [5.41, 5.74) is 0.521. The highest BCUT2D eigenvalue weighted by molar-refractivity contribution is 5.96. The van der Waals surface area contributed by atoms with Crippen molar-refractivity contribution in [3.8, 4) is 5.75 Å². The van der Waals surface area contributed by atoms with Crippen molar-refractivity contribution in [1.82, 2.24) is 9.88 Å². The molecule has 24 heavy (non-hydrogen) atoms. The van der Waals surface area contributed by atoms with E-state index >= 15 is 0 Å². The molecule has 1 saturated heterocycles. The van der Waals surface area contributed by atoms with Crippen molar-refractivity contribution >= 4 is 11.9 Å². The van der Waals surface area contributed by atoms with Crippen molar-refractivity contribution < 1.29 is 23.8 Å². The fourth-order valence-corrected chi connectivity index (χ4v) is 2.55. The molecule has 2 heterocycles. The van der Waals surface area contributed by atoms with Gasteiger partial charge >= 0.3 is 5.97 Å². The first-order valence-electron chi connectivity index (χ1n) is 8.09. The van der Waals surface area contributed by atoms with E-state index in [4.69, 9.17) is 9.47 Å². The number of likely N-dealkylation sites (tertiary alicyclic amines) is 1. The van der Waals surface area contributed by atoms with E-state index in [9.17, 15) is 9.59 Å². The maximum absolute atomic E-state index is 12.7. The number of esters is 1. The second kappa shape index (κ2) is 8.63. The maximum Gasteiger partial charge on any atom is 0.331 e. The van der Waals surface area contributed by atoms with Gasteiger partial charge in [0.2, 0.25) is 0 Å². The van der Waals surface area contributed by atoms with Gasteiger partial charge in [-0.3, -0.25) is 9.78 Å². The van der Waals surface area contributed by atoms with Crippen LogP contribution in [-0.2, 0) is 14.3 Å². The first-order valence-corrected chi connectivity index (χ1v) is 8.09. The van der Waals surface area contributed by atoms with Gasteiger partial charge in [-0.05, 0) is 32.8 Å². The lowest BCUT2D eigenvalue weighted by Gasteiger charge is -2.32. The minimum Gasteiger partial charge on any atom is -0.489 e. The molecule has 0 aromatic carbocycles. The lowest BCUT2D eigenvalue weighted by atomic mass is 10.1. The zero-order valence-electron chi connectivity index (χ0n) is 14.4. The van der Waals surface area contributed by atoms with Crippen LogP contribution in [0.25, 0.3) is 0 Å². The first kappa shape index (κ1) is 18.2. The third-order valence-corrected chi connectivity index (χ3v) is 3.77. The van der Waals surface area contributed by atoms with Crippen molar-refractivity contribution in [3.63, 3.8) is 0 Å². The van der Waals surface area contributed by atoms with Crippen LogP contribution in [0.2, 0.25) is 0 Å². The Balaban J connectivity index is 1.92. The summed E-state index contributed by atoms with van der Waals surface area (Å²) < 4.78 is 15.7. The van der Waals surface area contributed by atoms with Crippen molar-refractivity contribution in [2.24, 2.45) is 0 Å². The fourth-order valence-electron chi connectivity index (χ4n) is 2.55. The SMILES string of the molecule is COC(=O)COC1CCN(C(=O)c2ccncc2OC(C)C)CC1. The van der Waals surface area contributed by atoms with Crippen LogP contribution in [-0.4, -0.2) is 60.8 Å². The Morgan fingerprint density at radius 2 is 2.04 bits per heavy atom. The minimum absolute atomic E-state index is 0.0294. The fraction of sp³-hybridized carbons (Fsp3) is 0.588. The molecule has 1 fully saturated rings. The smallest absolute Gasteiger partial charge is 0.331 e. The number of hydrogen-bond donors (Lipinski definition) is 0. The van der Waals surface area contributed by atoms with Gasteiger partial charge in [0.15, 0.2) is 5.75 Å². The van der Waals surface area contributed by atoms with E-state index in [2.05, 4.69) is 9.72 Å². The number of piperidine rings is 1. The van der Waals surface area contributed by atoms with Crippen LogP contribution >= 0.6 is 0 Å². The predicted molar refractivity (Wildman–Crippen MR) is 86.9 cm³/mol. The Bertz CT molecular complexity index is 568. The van der Waals surface area contributed by atoms with Crippen LogP contribution in [0.3, 0.4) is 0 Å². The summed E-state index contributed by atoms with van der Waals surface area (Å²) in [4.78, 5) is 29.6. The Morgan fingerprint density at radius 3 is 2.67 bits per heavy atom. The molecule has 1 amide bonds. The third kappa shape index (κ3) is 4.92. The molecule has 0 spiro atoms. The minimum atomic E-state index is -0.388. The topological polar surface area (TPSA) is 78.0 Å². The van der Waals surface area contributed by atoms with Gasteiger partial charge in [0.1, 0.15) is 6.61 Å². The predicted octanol–water partition coefficient (Wildman–Crippen LogP) is 1.66. The normalized spacial score (nSPS) is 15.4. The molecular weight excluding hydrogens is 312 g/mol. The standard InChI is InChI=1S/C17H24N2O5/c1-12(2)24-15-10-18-7-4-14(15)17(21)19-8-5-13(6-9-19)23-11-16(20)22-3/h4,7,10,12-13H,5-6,8-9,11H2,1-3H3. The van der Waals surface area contributed by atoms with Crippen molar-refractivity contribution in [1.29, 1.82) is 0 Å². The number of methoxy groups -OCH3 is 1. The highest BCUT2D eigenvalue weighted by Crippen LogP contribution is 2.22. The molecule has 0 N–H and O–H groups in total. The molecule has 0 bridgehead atoms. The lowest BCUT2D eigenvalue weighted by molar-refractivity contribution is -0.148. The highest BCUT2D eigenvalue weighted by Gasteiger charge is 2.26. The van der Waals surface area contributed by atoms with Gasteiger partial charge in [-0.15, -0.1) is 0 Å². The number of ether oxygens (including phenoxy) is 3. The van der Waals surface area contributed by atoms with Gasteiger partial charge in [-0.1, -0.05) is 0 Å². The monoisotopic (exact) mass is 336 g/mol. The zero-order valence-corrected chi connectivity index (χ0v) is 14.4. The summed E-state index contributed by atoms with van der Waals surface area (Å²) in [6.45, 7) is 4.92. The van der Waals surface area contributed by atoms with Gasteiger partial charge in [-0.25, -0.2) is 4.79 Å². The van der Waals surface area contributed by atoms with Crippen molar-refractivity contribution in [2.45, 2.75) is 38.9 Å². The second-order valence-electron chi connectivity index (χ2n) is 5.92. The summed E-state index contributed by atoms with van der Waals surface area (Å²) >= 11 is 0. The Kier molecular flexibility index (Phi) is 6.54. The van der Waals surface area contributed by atoms with Crippen LogP contribution < -0.4 is 4.74 Å². The van der Waals surface area contributed by atoms with E-state index in [1.165, 1.54) is 7.11 Å². The van der Waals surface area contributed by atoms with Gasteiger partial charge in [-0.2, -0.15) is 0 Å². The van der Waals surface area contributed by atoms with Crippen LogP contribution in [0, 0.1) is 0 Å². The molecule has 0 radical (unpaired) electrons. The summed E-state index contributed by atoms with van der Waals surface area (Å²) in [5.74, 6) is 0.0433. The lowest BCUT2D eigenvalue weighted by Crippen LogP contribution is -2.41. The molecule has 1 aromatic heterocycles. The van der Waals surface area contributed by atoms with E-state index < -0.39 is 0 Å². The van der Waals surface area contributed by atoms with E-state index in [-0.39, 0.29) is 30.7 Å². The van der Waals surface area contributed by atoms with E-state index in [0.29, 0.717) is 37.2 Å². The van der Waals surface area contributed by atoms with Crippen LogP contribution in [0.5, 0.6) is 5.75 Å². The van der Waals surface area contributed by atoms with E-state index in [0.717, 1.165) is 0 Å². The Morgan fingerprint density at radius 1 is 1.33 bits per heavy atom.